The van der Waals surface area contributed by atoms with E-state index in [2.05, 4.69) is 0 Å². The fourth-order valence-corrected chi connectivity index (χ4v) is 1.91. The molecule has 0 saturated carbocycles. The van der Waals surface area contributed by atoms with E-state index >= 15 is 0 Å². The molecule has 0 saturated heterocycles. The summed E-state index contributed by atoms with van der Waals surface area (Å²) in [6.07, 6.45) is 1.14. The minimum absolute atomic E-state index is 0.112. The number of ketones is 1. The summed E-state index contributed by atoms with van der Waals surface area (Å²) in [5.74, 6) is -4.17. The summed E-state index contributed by atoms with van der Waals surface area (Å²) in [6.45, 7) is 11.7. The van der Waals surface area contributed by atoms with Gasteiger partial charge < -0.3 is 14.6 Å². The molecule has 0 aliphatic carbocycles. The predicted octanol–water partition coefficient (Wildman–Crippen LogP) is 0.887. The molecule has 0 fully saturated rings. The Kier molecular flexibility index (Phi) is 13.8. The molecule has 0 aliphatic heterocycles. The van der Waals surface area contributed by atoms with Crippen LogP contribution in [0.1, 0.15) is 54.4 Å². The maximum absolute atomic E-state index is 12.7. The second-order valence-corrected chi connectivity index (χ2v) is 8.68. The van der Waals surface area contributed by atoms with Crippen LogP contribution in [0.5, 0.6) is 0 Å². The molecule has 0 bridgehead atoms. The Morgan fingerprint density at radius 3 is 1.38 bits per heavy atom. The molecule has 0 heterocycles. The summed E-state index contributed by atoms with van der Waals surface area (Å²) in [7, 11) is 0. The normalized spacial score (nSPS) is 12.3. The van der Waals surface area contributed by atoms with Gasteiger partial charge in [0.1, 0.15) is 0 Å². The number of Topliss-reactive ketones (excluding diaryl/α,β-unsaturated/α-hetero) is 1. The molecule has 26 heavy (non-hydrogen) atoms. The first-order chi connectivity index (χ1) is 11.7. The van der Waals surface area contributed by atoms with E-state index < -0.39 is 35.7 Å². The minimum atomic E-state index is -5.00. The molecule has 0 rings (SSSR count). The maximum atomic E-state index is 12.7. The number of ether oxygens (including phenoxy) is 2. The molecule has 0 aromatic rings. The van der Waals surface area contributed by atoms with Crippen molar-refractivity contribution in [2.45, 2.75) is 60.2 Å². The van der Waals surface area contributed by atoms with Crippen molar-refractivity contribution in [3.63, 3.8) is 0 Å². The summed E-state index contributed by atoms with van der Waals surface area (Å²) in [5.41, 5.74) is 0. The van der Waals surface area contributed by atoms with Crippen LogP contribution in [0.4, 0.5) is 0 Å². The first-order valence-electron chi connectivity index (χ1n) is 8.66. The van der Waals surface area contributed by atoms with Crippen molar-refractivity contribution in [2.75, 3.05) is 13.2 Å². The fourth-order valence-electron chi connectivity index (χ4n) is 1.91. The van der Waals surface area contributed by atoms with E-state index in [9.17, 15) is 14.7 Å². The predicted molar refractivity (Wildman–Crippen MR) is 89.9 cm³/mol. The van der Waals surface area contributed by atoms with Gasteiger partial charge in [0, 0.05) is 5.92 Å². The third-order valence-electron chi connectivity index (χ3n) is 3.20. The number of rotatable bonds is 11. The molecule has 0 radical (unpaired) electrons. The van der Waals surface area contributed by atoms with E-state index in [-0.39, 0.29) is 31.0 Å². The first kappa shape index (κ1) is 27.8. The van der Waals surface area contributed by atoms with Crippen molar-refractivity contribution in [2.24, 2.45) is 17.8 Å². The first-order valence-corrected chi connectivity index (χ1v) is 11.5. The molecule has 0 aromatic carbocycles. The summed E-state index contributed by atoms with van der Waals surface area (Å²) in [4.78, 5) is 24.4. The Bertz CT molecular complexity index is 396. The zero-order valence-electron chi connectivity index (χ0n) is 16.4. The molecular formula is C16H34O9Ti. The third kappa shape index (κ3) is 12.1. The third-order valence-corrected chi connectivity index (χ3v) is 3.20. The molecule has 0 amide bonds. The second kappa shape index (κ2) is 12.9. The molecule has 156 valence electrons. The number of carboxylic acid groups (broad SMARTS) is 1. The van der Waals surface area contributed by atoms with Crippen LogP contribution in [0.15, 0.2) is 0 Å². The number of hydrogen-bond donors (Lipinski definition) is 5. The summed E-state index contributed by atoms with van der Waals surface area (Å²) < 4.78 is 40.5. The van der Waals surface area contributed by atoms with E-state index in [0.717, 1.165) is 0 Å². The van der Waals surface area contributed by atoms with Crippen LogP contribution in [-0.2, 0) is 37.2 Å². The SMILES string of the molecule is CCC(CC)C(=O)C(OCC(C)C)(OCC(C)C)C(=O)O.[OH][Ti]([OH])([OH])[OH]. The van der Waals surface area contributed by atoms with E-state index in [1.54, 1.807) is 0 Å². The zero-order chi connectivity index (χ0) is 21.1. The second-order valence-electron chi connectivity index (χ2n) is 6.81. The molecule has 0 atom stereocenters. The van der Waals surface area contributed by atoms with Crippen LogP contribution >= 0.6 is 0 Å². The number of hydrogen-bond acceptors (Lipinski definition) is 8. The molecule has 0 unspecified atom stereocenters. The number of carboxylic acids is 1. The Morgan fingerprint density at radius 2 is 1.19 bits per heavy atom. The number of aliphatic carboxylic acids is 1. The van der Waals surface area contributed by atoms with Crippen LogP contribution in [0.2, 0.25) is 0 Å². The van der Waals surface area contributed by atoms with Crippen LogP contribution in [0.25, 0.3) is 0 Å². The van der Waals surface area contributed by atoms with E-state index in [1.165, 1.54) is 0 Å². The molecule has 9 nitrogen and oxygen atoms in total. The van der Waals surface area contributed by atoms with Gasteiger partial charge in [-0.15, -0.1) is 0 Å². The van der Waals surface area contributed by atoms with Gasteiger partial charge in [0.15, 0.2) is 0 Å². The molecule has 5 N–H and O–H groups in total. The Labute approximate surface area is 160 Å². The Balaban J connectivity index is 0. The van der Waals surface area contributed by atoms with Gasteiger partial charge in [-0.05, 0) is 24.7 Å². The number of carbonyl (C=O) groups excluding carboxylic acids is 1. The fraction of sp³-hybridized carbons (Fsp3) is 0.875. The molecule has 0 spiro atoms. The van der Waals surface area contributed by atoms with Gasteiger partial charge in [-0.2, -0.15) is 0 Å². The van der Waals surface area contributed by atoms with E-state index in [1.807, 2.05) is 41.5 Å². The van der Waals surface area contributed by atoms with Crippen LogP contribution in [-0.4, -0.2) is 50.6 Å². The topological polar surface area (TPSA) is 154 Å². The van der Waals surface area contributed by atoms with Crippen LogP contribution in [0, 0.1) is 17.8 Å². The van der Waals surface area contributed by atoms with Crippen molar-refractivity contribution >= 4 is 11.8 Å². The van der Waals surface area contributed by atoms with Crippen LogP contribution in [0.3, 0.4) is 0 Å². The Hall–Kier alpha value is -0.386. The van der Waals surface area contributed by atoms with E-state index in [4.69, 9.17) is 24.2 Å². The van der Waals surface area contributed by atoms with Gasteiger partial charge in [-0.25, -0.2) is 4.79 Å². The average Bonchev–Trinajstić information content (AvgIpc) is 2.46. The Morgan fingerprint density at radius 1 is 0.885 bits per heavy atom. The van der Waals surface area contributed by atoms with Gasteiger partial charge in [-0.3, -0.25) is 4.79 Å². The van der Waals surface area contributed by atoms with Crippen LogP contribution < -0.4 is 0 Å². The van der Waals surface area contributed by atoms with Crippen molar-refractivity contribution in [3.05, 3.63) is 0 Å². The zero-order valence-corrected chi connectivity index (χ0v) is 18.0. The van der Waals surface area contributed by atoms with Gasteiger partial charge in [0.25, 0.3) is 0 Å². The van der Waals surface area contributed by atoms with Crippen molar-refractivity contribution < 1.29 is 57.1 Å². The van der Waals surface area contributed by atoms with E-state index in [0.29, 0.717) is 12.8 Å². The summed E-state index contributed by atoms with van der Waals surface area (Å²) in [6, 6.07) is 0. The molecular weight excluding hydrogens is 384 g/mol. The molecule has 0 aromatic heterocycles. The summed E-state index contributed by atoms with van der Waals surface area (Å²) >= 11 is -5.00. The van der Waals surface area contributed by atoms with Crippen molar-refractivity contribution in [1.29, 1.82) is 0 Å². The van der Waals surface area contributed by atoms with Gasteiger partial charge in [0.05, 0.1) is 13.2 Å². The average molecular weight is 418 g/mol. The molecule has 0 aliphatic rings. The quantitative estimate of drug-likeness (QED) is 0.187. The van der Waals surface area contributed by atoms with Gasteiger partial charge >= 0.3 is 44.7 Å². The van der Waals surface area contributed by atoms with Crippen molar-refractivity contribution in [1.82, 2.24) is 0 Å². The monoisotopic (exact) mass is 418 g/mol. The van der Waals surface area contributed by atoms with Gasteiger partial charge in [-0.1, -0.05) is 41.5 Å². The summed E-state index contributed by atoms with van der Waals surface area (Å²) in [5, 5.41) is 9.59. The molecule has 10 heteroatoms. The standard InChI is InChI=1S/C16H30O5.4H2O.Ti/c1-7-13(8-2)14(17)16(15(18)19,20-9-11(3)4)21-10-12(5)6;;;;;/h11-13H,7-10H2,1-6H3,(H,18,19);4*1H2;/q;;;;;+4/p-4. The van der Waals surface area contributed by atoms with Gasteiger partial charge in [0.2, 0.25) is 5.78 Å². The number of carbonyl (C=O) groups is 2. The van der Waals surface area contributed by atoms with Crippen molar-refractivity contribution in [3.8, 4) is 0 Å².